The summed E-state index contributed by atoms with van der Waals surface area (Å²) in [6.07, 6.45) is 0. The SMILES string of the molecule is Cc1nn(C)c(C)c1C(C)NC(C)c1ccccc1Br. The molecule has 0 spiro atoms. The lowest BCUT2D eigenvalue weighted by Gasteiger charge is -2.22. The maximum atomic E-state index is 4.50. The van der Waals surface area contributed by atoms with Gasteiger partial charge in [-0.25, -0.2) is 0 Å². The monoisotopic (exact) mass is 335 g/mol. The number of nitrogens with one attached hydrogen (secondary N) is 1. The third kappa shape index (κ3) is 2.96. The van der Waals surface area contributed by atoms with E-state index >= 15 is 0 Å². The average Bonchev–Trinajstić information content (AvgIpc) is 2.63. The summed E-state index contributed by atoms with van der Waals surface area (Å²) in [5.41, 5.74) is 4.90. The lowest BCUT2D eigenvalue weighted by Crippen LogP contribution is -2.23. The van der Waals surface area contributed by atoms with E-state index in [-0.39, 0.29) is 12.1 Å². The summed E-state index contributed by atoms with van der Waals surface area (Å²) in [6.45, 7) is 8.59. The Kier molecular flexibility index (Phi) is 4.66. The van der Waals surface area contributed by atoms with Crippen molar-refractivity contribution in [1.29, 1.82) is 0 Å². The molecule has 0 aliphatic heterocycles. The van der Waals surface area contributed by atoms with Crippen LogP contribution in [0.2, 0.25) is 0 Å². The van der Waals surface area contributed by atoms with Gasteiger partial charge in [-0.1, -0.05) is 34.1 Å². The minimum atomic E-state index is 0.269. The molecule has 0 bridgehead atoms. The first-order valence-electron chi connectivity index (χ1n) is 6.92. The number of hydrogen-bond donors (Lipinski definition) is 1. The highest BCUT2D eigenvalue weighted by Gasteiger charge is 2.19. The summed E-state index contributed by atoms with van der Waals surface area (Å²) in [4.78, 5) is 0. The molecule has 0 amide bonds. The van der Waals surface area contributed by atoms with Gasteiger partial charge in [-0.15, -0.1) is 0 Å². The van der Waals surface area contributed by atoms with Crippen LogP contribution in [0, 0.1) is 13.8 Å². The maximum absolute atomic E-state index is 4.50. The average molecular weight is 336 g/mol. The van der Waals surface area contributed by atoms with Crippen LogP contribution in [0.15, 0.2) is 28.7 Å². The van der Waals surface area contributed by atoms with Crippen molar-refractivity contribution in [3.63, 3.8) is 0 Å². The van der Waals surface area contributed by atoms with Crippen molar-refractivity contribution in [2.75, 3.05) is 0 Å². The van der Waals surface area contributed by atoms with Crippen molar-refractivity contribution >= 4 is 15.9 Å². The van der Waals surface area contributed by atoms with Crippen LogP contribution in [0.4, 0.5) is 0 Å². The van der Waals surface area contributed by atoms with Crippen LogP contribution in [0.1, 0.15) is 48.4 Å². The summed E-state index contributed by atoms with van der Waals surface area (Å²) in [5, 5.41) is 8.16. The summed E-state index contributed by atoms with van der Waals surface area (Å²) in [7, 11) is 2.00. The molecule has 20 heavy (non-hydrogen) atoms. The van der Waals surface area contributed by atoms with Crippen LogP contribution in [-0.4, -0.2) is 9.78 Å². The number of rotatable bonds is 4. The molecular formula is C16H22BrN3. The zero-order valence-corrected chi connectivity index (χ0v) is 14.3. The third-order valence-corrected chi connectivity index (χ3v) is 4.59. The number of aromatic nitrogens is 2. The van der Waals surface area contributed by atoms with E-state index in [1.807, 2.05) is 17.8 Å². The fourth-order valence-corrected chi connectivity index (χ4v) is 3.42. The molecule has 0 aliphatic rings. The Morgan fingerprint density at radius 1 is 1.15 bits per heavy atom. The Morgan fingerprint density at radius 3 is 2.35 bits per heavy atom. The Hall–Kier alpha value is -1.13. The predicted octanol–water partition coefficient (Wildman–Crippen LogP) is 4.21. The van der Waals surface area contributed by atoms with Gasteiger partial charge in [0.1, 0.15) is 0 Å². The van der Waals surface area contributed by atoms with E-state index < -0.39 is 0 Å². The van der Waals surface area contributed by atoms with E-state index in [0.29, 0.717) is 0 Å². The molecule has 1 N–H and O–H groups in total. The van der Waals surface area contributed by atoms with Gasteiger partial charge in [-0.2, -0.15) is 5.10 Å². The van der Waals surface area contributed by atoms with E-state index in [4.69, 9.17) is 0 Å². The van der Waals surface area contributed by atoms with E-state index in [9.17, 15) is 0 Å². The smallest absolute Gasteiger partial charge is 0.0644 e. The first-order chi connectivity index (χ1) is 9.41. The second-order valence-electron chi connectivity index (χ2n) is 5.34. The highest BCUT2D eigenvalue weighted by Crippen LogP contribution is 2.27. The van der Waals surface area contributed by atoms with E-state index in [0.717, 1.165) is 10.2 Å². The van der Waals surface area contributed by atoms with Crippen molar-refractivity contribution in [3.05, 3.63) is 51.3 Å². The number of hydrogen-bond acceptors (Lipinski definition) is 2. The zero-order valence-electron chi connectivity index (χ0n) is 12.7. The second-order valence-corrected chi connectivity index (χ2v) is 6.19. The normalized spacial score (nSPS) is 14.3. The third-order valence-electron chi connectivity index (χ3n) is 3.87. The Balaban J connectivity index is 2.19. The van der Waals surface area contributed by atoms with E-state index in [2.05, 4.69) is 72.2 Å². The summed E-state index contributed by atoms with van der Waals surface area (Å²) >= 11 is 3.62. The fourth-order valence-electron chi connectivity index (χ4n) is 2.79. The molecule has 0 saturated heterocycles. The molecule has 2 atom stereocenters. The standard InChI is InChI=1S/C16H22BrN3/c1-10(14-8-6-7-9-15(14)17)18-11(2)16-12(3)19-20(5)13(16)4/h6-11,18H,1-5H3. The van der Waals surface area contributed by atoms with Crippen LogP contribution in [0.3, 0.4) is 0 Å². The van der Waals surface area contributed by atoms with Crippen LogP contribution < -0.4 is 5.32 Å². The first kappa shape index (κ1) is 15.3. The van der Waals surface area contributed by atoms with Gasteiger partial charge in [0, 0.05) is 34.9 Å². The molecule has 3 nitrogen and oxygen atoms in total. The van der Waals surface area contributed by atoms with Crippen LogP contribution in [0.5, 0.6) is 0 Å². The quantitative estimate of drug-likeness (QED) is 0.906. The predicted molar refractivity (Wildman–Crippen MR) is 86.8 cm³/mol. The highest BCUT2D eigenvalue weighted by atomic mass is 79.9. The lowest BCUT2D eigenvalue weighted by molar-refractivity contribution is 0.490. The van der Waals surface area contributed by atoms with Crippen molar-refractivity contribution in [1.82, 2.24) is 15.1 Å². The lowest BCUT2D eigenvalue weighted by atomic mass is 10.0. The molecule has 108 valence electrons. The molecule has 2 aromatic rings. The molecule has 4 heteroatoms. The van der Waals surface area contributed by atoms with Gasteiger partial charge >= 0.3 is 0 Å². The minimum absolute atomic E-state index is 0.269. The van der Waals surface area contributed by atoms with Gasteiger partial charge in [0.25, 0.3) is 0 Å². The highest BCUT2D eigenvalue weighted by molar-refractivity contribution is 9.10. The Morgan fingerprint density at radius 2 is 1.80 bits per heavy atom. The summed E-state index contributed by atoms with van der Waals surface area (Å²) < 4.78 is 3.10. The molecule has 0 aliphatic carbocycles. The molecule has 1 heterocycles. The molecule has 1 aromatic carbocycles. The van der Waals surface area contributed by atoms with Crippen LogP contribution in [-0.2, 0) is 7.05 Å². The van der Waals surface area contributed by atoms with Crippen LogP contribution in [0.25, 0.3) is 0 Å². The maximum Gasteiger partial charge on any atom is 0.0644 e. The molecule has 2 rings (SSSR count). The van der Waals surface area contributed by atoms with Crippen molar-refractivity contribution in [3.8, 4) is 0 Å². The van der Waals surface area contributed by atoms with Crippen molar-refractivity contribution in [2.24, 2.45) is 7.05 Å². The Bertz CT molecular complexity index is 604. The number of nitrogens with zero attached hydrogens (tertiary/aromatic N) is 2. The minimum Gasteiger partial charge on any atom is -0.303 e. The summed E-state index contributed by atoms with van der Waals surface area (Å²) in [5.74, 6) is 0. The zero-order chi connectivity index (χ0) is 14.9. The van der Waals surface area contributed by atoms with Gasteiger partial charge in [0.2, 0.25) is 0 Å². The van der Waals surface area contributed by atoms with E-state index in [1.54, 1.807) is 0 Å². The van der Waals surface area contributed by atoms with Gasteiger partial charge in [-0.05, 0) is 39.3 Å². The van der Waals surface area contributed by atoms with Gasteiger partial charge < -0.3 is 5.32 Å². The number of aryl methyl sites for hydroxylation is 2. The Labute approximate surface area is 129 Å². The second kappa shape index (κ2) is 6.10. The van der Waals surface area contributed by atoms with Crippen LogP contribution >= 0.6 is 15.9 Å². The van der Waals surface area contributed by atoms with Crippen molar-refractivity contribution < 1.29 is 0 Å². The van der Waals surface area contributed by atoms with E-state index in [1.165, 1.54) is 16.8 Å². The van der Waals surface area contributed by atoms with Gasteiger partial charge in [0.15, 0.2) is 0 Å². The van der Waals surface area contributed by atoms with Gasteiger partial charge in [-0.3, -0.25) is 4.68 Å². The fraction of sp³-hybridized carbons (Fsp3) is 0.438. The molecule has 2 unspecified atom stereocenters. The molecule has 0 saturated carbocycles. The summed E-state index contributed by atoms with van der Waals surface area (Å²) in [6, 6.07) is 8.89. The number of benzene rings is 1. The molecule has 1 aromatic heterocycles. The molecule has 0 radical (unpaired) electrons. The van der Waals surface area contributed by atoms with Gasteiger partial charge in [0.05, 0.1) is 5.69 Å². The topological polar surface area (TPSA) is 29.9 Å². The molecule has 0 fully saturated rings. The van der Waals surface area contributed by atoms with Crippen molar-refractivity contribution in [2.45, 2.75) is 39.8 Å². The molecular weight excluding hydrogens is 314 g/mol. The number of halogens is 1. The first-order valence-corrected chi connectivity index (χ1v) is 7.71. The largest absolute Gasteiger partial charge is 0.303 e.